The van der Waals surface area contributed by atoms with E-state index in [1.165, 1.54) is 0 Å². The second-order valence-corrected chi connectivity index (χ2v) is 5.57. The van der Waals surface area contributed by atoms with Crippen molar-refractivity contribution in [2.75, 3.05) is 18.4 Å². The molecule has 0 aliphatic rings. The van der Waals surface area contributed by atoms with Gasteiger partial charge in [0.05, 0.1) is 10.7 Å². The smallest absolute Gasteiger partial charge is 0.0638 e. The molecule has 90 valence electrons. The van der Waals surface area contributed by atoms with E-state index in [2.05, 4.69) is 31.4 Å². The van der Waals surface area contributed by atoms with Gasteiger partial charge in [0.2, 0.25) is 0 Å². The molecule has 0 aromatic heterocycles. The number of hydrogen-bond acceptors (Lipinski definition) is 2. The molecule has 1 rings (SSSR count). The third-order valence-corrected chi connectivity index (χ3v) is 2.59. The van der Waals surface area contributed by atoms with Gasteiger partial charge in [-0.1, -0.05) is 23.2 Å². The van der Waals surface area contributed by atoms with Crippen molar-refractivity contribution in [3.8, 4) is 0 Å². The first-order valence-corrected chi connectivity index (χ1v) is 6.08. The van der Waals surface area contributed by atoms with Gasteiger partial charge in [-0.05, 0) is 39.0 Å². The third-order valence-electron chi connectivity index (χ3n) is 2.02. The molecule has 0 atom stereocenters. The van der Waals surface area contributed by atoms with Crippen LogP contribution < -0.4 is 10.6 Å². The number of benzene rings is 1. The zero-order chi connectivity index (χ0) is 12.2. The summed E-state index contributed by atoms with van der Waals surface area (Å²) in [6, 6.07) is 5.41. The molecule has 1 aromatic rings. The number of rotatable bonds is 4. The molecule has 0 spiro atoms. The van der Waals surface area contributed by atoms with Crippen LogP contribution in [0.25, 0.3) is 0 Å². The van der Waals surface area contributed by atoms with Crippen LogP contribution in [-0.2, 0) is 0 Å². The van der Waals surface area contributed by atoms with Gasteiger partial charge in [-0.25, -0.2) is 0 Å². The monoisotopic (exact) mass is 260 g/mol. The molecule has 0 unspecified atom stereocenters. The van der Waals surface area contributed by atoms with Crippen LogP contribution in [0.1, 0.15) is 20.8 Å². The Kier molecular flexibility index (Phi) is 4.90. The molecule has 2 N–H and O–H groups in total. The fourth-order valence-electron chi connectivity index (χ4n) is 1.27. The maximum atomic E-state index is 6.02. The van der Waals surface area contributed by atoms with Crippen LogP contribution in [0.5, 0.6) is 0 Å². The van der Waals surface area contributed by atoms with E-state index in [4.69, 9.17) is 23.2 Å². The first-order chi connectivity index (χ1) is 7.38. The molecular formula is C12H18Cl2N2. The van der Waals surface area contributed by atoms with Gasteiger partial charge in [-0.15, -0.1) is 0 Å². The zero-order valence-corrected chi connectivity index (χ0v) is 11.4. The highest BCUT2D eigenvalue weighted by molar-refractivity contribution is 6.35. The molecule has 0 bridgehead atoms. The summed E-state index contributed by atoms with van der Waals surface area (Å²) in [4.78, 5) is 0. The van der Waals surface area contributed by atoms with Gasteiger partial charge in [0.15, 0.2) is 0 Å². The molecule has 0 heterocycles. The highest BCUT2D eigenvalue weighted by Crippen LogP contribution is 2.24. The standard InChI is InChI=1S/C12H18Cl2N2/c1-12(2,3)16-7-6-15-11-8-9(13)4-5-10(11)14/h4-5,8,15-16H,6-7H2,1-3H3. The molecule has 0 radical (unpaired) electrons. The maximum absolute atomic E-state index is 6.02. The minimum absolute atomic E-state index is 0.139. The molecule has 1 aromatic carbocycles. The van der Waals surface area contributed by atoms with Crippen LogP contribution in [0.2, 0.25) is 10.0 Å². The van der Waals surface area contributed by atoms with Crippen molar-refractivity contribution in [2.24, 2.45) is 0 Å². The molecule has 0 saturated carbocycles. The molecular weight excluding hydrogens is 243 g/mol. The summed E-state index contributed by atoms with van der Waals surface area (Å²) in [5.41, 5.74) is 1.02. The Morgan fingerprint density at radius 1 is 1.12 bits per heavy atom. The van der Waals surface area contributed by atoms with Crippen molar-refractivity contribution in [1.29, 1.82) is 0 Å². The number of hydrogen-bond donors (Lipinski definition) is 2. The van der Waals surface area contributed by atoms with Crippen LogP contribution in [0.3, 0.4) is 0 Å². The van der Waals surface area contributed by atoms with Crippen molar-refractivity contribution < 1.29 is 0 Å². The van der Waals surface area contributed by atoms with E-state index in [0.717, 1.165) is 18.8 Å². The zero-order valence-electron chi connectivity index (χ0n) is 9.90. The molecule has 0 amide bonds. The summed E-state index contributed by atoms with van der Waals surface area (Å²) in [5.74, 6) is 0. The molecule has 0 aliphatic carbocycles. The van der Waals surface area contributed by atoms with Crippen LogP contribution in [-0.4, -0.2) is 18.6 Å². The lowest BCUT2D eigenvalue weighted by atomic mass is 10.1. The van der Waals surface area contributed by atoms with Crippen molar-refractivity contribution >= 4 is 28.9 Å². The normalized spacial score (nSPS) is 11.6. The lowest BCUT2D eigenvalue weighted by molar-refractivity contribution is 0.435. The molecule has 0 aliphatic heterocycles. The summed E-state index contributed by atoms with van der Waals surface area (Å²) in [5, 5.41) is 8.02. The van der Waals surface area contributed by atoms with E-state index in [1.54, 1.807) is 12.1 Å². The van der Waals surface area contributed by atoms with E-state index in [9.17, 15) is 0 Å². The number of nitrogens with one attached hydrogen (secondary N) is 2. The van der Waals surface area contributed by atoms with Crippen molar-refractivity contribution in [2.45, 2.75) is 26.3 Å². The predicted octanol–water partition coefficient (Wildman–Crippen LogP) is 3.79. The average molecular weight is 261 g/mol. The third kappa shape index (κ3) is 5.06. The molecule has 2 nitrogen and oxygen atoms in total. The molecule has 4 heteroatoms. The second kappa shape index (κ2) is 5.76. The first kappa shape index (κ1) is 13.6. The summed E-state index contributed by atoms with van der Waals surface area (Å²) >= 11 is 11.9. The van der Waals surface area contributed by atoms with Crippen molar-refractivity contribution in [1.82, 2.24) is 5.32 Å². The van der Waals surface area contributed by atoms with E-state index in [-0.39, 0.29) is 5.54 Å². The minimum Gasteiger partial charge on any atom is -0.383 e. The Bertz CT molecular complexity index is 345. The minimum atomic E-state index is 0.139. The molecule has 16 heavy (non-hydrogen) atoms. The Morgan fingerprint density at radius 3 is 2.44 bits per heavy atom. The highest BCUT2D eigenvalue weighted by Gasteiger charge is 2.07. The SMILES string of the molecule is CC(C)(C)NCCNc1cc(Cl)ccc1Cl. The Balaban J connectivity index is 2.40. The van der Waals surface area contributed by atoms with Crippen LogP contribution in [0.15, 0.2) is 18.2 Å². The van der Waals surface area contributed by atoms with E-state index >= 15 is 0 Å². The van der Waals surface area contributed by atoms with Gasteiger partial charge in [0.1, 0.15) is 0 Å². The lowest BCUT2D eigenvalue weighted by Gasteiger charge is -2.20. The van der Waals surface area contributed by atoms with Gasteiger partial charge in [0, 0.05) is 23.7 Å². The largest absolute Gasteiger partial charge is 0.383 e. The van der Waals surface area contributed by atoms with Crippen molar-refractivity contribution in [3.63, 3.8) is 0 Å². The lowest BCUT2D eigenvalue weighted by Crippen LogP contribution is -2.38. The second-order valence-electron chi connectivity index (χ2n) is 4.73. The Labute approximate surface area is 107 Å². The number of halogens is 2. The summed E-state index contributed by atoms with van der Waals surface area (Å²) in [6.45, 7) is 8.11. The van der Waals surface area contributed by atoms with Gasteiger partial charge >= 0.3 is 0 Å². The quantitative estimate of drug-likeness (QED) is 0.806. The van der Waals surface area contributed by atoms with Crippen molar-refractivity contribution in [3.05, 3.63) is 28.2 Å². The van der Waals surface area contributed by atoms with Crippen LogP contribution >= 0.6 is 23.2 Å². The van der Waals surface area contributed by atoms with Gasteiger partial charge in [-0.3, -0.25) is 0 Å². The van der Waals surface area contributed by atoms with Gasteiger partial charge < -0.3 is 10.6 Å². The predicted molar refractivity (Wildman–Crippen MR) is 72.7 cm³/mol. The molecule has 0 fully saturated rings. The van der Waals surface area contributed by atoms with Crippen LogP contribution in [0, 0.1) is 0 Å². The Morgan fingerprint density at radius 2 is 1.81 bits per heavy atom. The van der Waals surface area contributed by atoms with E-state index in [0.29, 0.717) is 10.0 Å². The Hall–Kier alpha value is -0.440. The average Bonchev–Trinajstić information content (AvgIpc) is 2.16. The van der Waals surface area contributed by atoms with Crippen LogP contribution in [0.4, 0.5) is 5.69 Å². The van der Waals surface area contributed by atoms with Gasteiger partial charge in [0.25, 0.3) is 0 Å². The first-order valence-electron chi connectivity index (χ1n) is 5.32. The fraction of sp³-hybridized carbons (Fsp3) is 0.500. The summed E-state index contributed by atoms with van der Waals surface area (Å²) < 4.78 is 0. The highest BCUT2D eigenvalue weighted by atomic mass is 35.5. The molecule has 0 saturated heterocycles. The number of anilines is 1. The fourth-order valence-corrected chi connectivity index (χ4v) is 1.62. The summed E-state index contributed by atoms with van der Waals surface area (Å²) in [7, 11) is 0. The topological polar surface area (TPSA) is 24.1 Å². The summed E-state index contributed by atoms with van der Waals surface area (Å²) in [6.07, 6.45) is 0. The van der Waals surface area contributed by atoms with E-state index < -0.39 is 0 Å². The van der Waals surface area contributed by atoms with E-state index in [1.807, 2.05) is 6.07 Å². The van der Waals surface area contributed by atoms with Gasteiger partial charge in [-0.2, -0.15) is 0 Å². The maximum Gasteiger partial charge on any atom is 0.0638 e.